The molecule has 2 N–H and O–H groups in total. The van der Waals surface area contributed by atoms with Gasteiger partial charge in [-0.25, -0.2) is 9.78 Å². The van der Waals surface area contributed by atoms with Crippen LogP contribution in [0.2, 0.25) is 0 Å². The highest BCUT2D eigenvalue weighted by Gasteiger charge is 2.30. The second kappa shape index (κ2) is 7.92. The number of rotatable bonds is 4. The summed E-state index contributed by atoms with van der Waals surface area (Å²) in [5.74, 6) is 0.850. The fourth-order valence-electron chi connectivity index (χ4n) is 3.81. The van der Waals surface area contributed by atoms with E-state index in [0.29, 0.717) is 17.2 Å². The van der Waals surface area contributed by atoms with Gasteiger partial charge in [-0.2, -0.15) is 0 Å². The molecule has 3 aromatic rings. The number of para-hydroxylation sites is 1. The van der Waals surface area contributed by atoms with Crippen molar-refractivity contribution in [3.63, 3.8) is 0 Å². The Labute approximate surface area is 176 Å². The van der Waals surface area contributed by atoms with E-state index >= 15 is 0 Å². The fraction of sp³-hybridized carbons (Fsp3) is 0.286. The van der Waals surface area contributed by atoms with E-state index in [1.165, 1.54) is 0 Å². The van der Waals surface area contributed by atoms with Gasteiger partial charge in [-0.1, -0.05) is 12.1 Å². The van der Waals surface area contributed by atoms with E-state index in [1.54, 1.807) is 29.5 Å². The Bertz CT molecular complexity index is 1080. The molecule has 8 nitrogen and oxygen atoms in total. The maximum Gasteiger partial charge on any atom is 0.325 e. The average Bonchev–Trinajstić information content (AvgIpc) is 3.46. The molecule has 0 spiro atoms. The normalized spacial score (nSPS) is 17.9. The van der Waals surface area contributed by atoms with E-state index in [9.17, 15) is 9.59 Å². The number of carbonyl (C=O) groups is 2. The van der Waals surface area contributed by atoms with Crippen molar-refractivity contribution in [1.29, 1.82) is 0 Å². The Kier molecular flexibility index (Phi) is 4.97. The summed E-state index contributed by atoms with van der Waals surface area (Å²) in [6.07, 6.45) is 1.95. The third kappa shape index (κ3) is 3.81. The van der Waals surface area contributed by atoms with Crippen LogP contribution < -0.4 is 20.1 Å². The van der Waals surface area contributed by atoms with Crippen molar-refractivity contribution in [2.75, 3.05) is 25.2 Å². The highest BCUT2D eigenvalue weighted by Crippen LogP contribution is 2.36. The summed E-state index contributed by atoms with van der Waals surface area (Å²) >= 11 is 1.66. The topological polar surface area (TPSA) is 92.8 Å². The molecule has 3 amide bonds. The van der Waals surface area contributed by atoms with Gasteiger partial charge in [0.2, 0.25) is 12.7 Å². The van der Waals surface area contributed by atoms with Crippen LogP contribution in [0.25, 0.3) is 10.2 Å². The van der Waals surface area contributed by atoms with E-state index in [4.69, 9.17) is 14.5 Å². The summed E-state index contributed by atoms with van der Waals surface area (Å²) in [4.78, 5) is 31.5. The van der Waals surface area contributed by atoms with Crippen molar-refractivity contribution in [2.45, 2.75) is 18.9 Å². The van der Waals surface area contributed by atoms with Gasteiger partial charge in [0.25, 0.3) is 0 Å². The van der Waals surface area contributed by atoms with Gasteiger partial charge in [0.05, 0.1) is 22.8 Å². The van der Waals surface area contributed by atoms with E-state index in [2.05, 4.69) is 21.6 Å². The number of nitrogens with one attached hydrogen (secondary N) is 2. The summed E-state index contributed by atoms with van der Waals surface area (Å²) in [5.41, 5.74) is 1.51. The van der Waals surface area contributed by atoms with Gasteiger partial charge in [-0.15, -0.1) is 11.3 Å². The van der Waals surface area contributed by atoms with Crippen LogP contribution in [0.3, 0.4) is 0 Å². The first-order valence-corrected chi connectivity index (χ1v) is 10.6. The van der Waals surface area contributed by atoms with Gasteiger partial charge in [0, 0.05) is 11.8 Å². The average molecular weight is 424 g/mol. The molecule has 9 heteroatoms. The largest absolute Gasteiger partial charge is 0.454 e. The molecule has 2 aliphatic heterocycles. The molecule has 0 unspecified atom stereocenters. The third-order valence-corrected chi connectivity index (χ3v) is 6.33. The number of anilines is 1. The number of likely N-dealkylation sites (tertiary alicyclic amines) is 1. The highest BCUT2D eigenvalue weighted by atomic mass is 32.1. The SMILES string of the molecule is O=C(CN1CCC[C@H]1c1nc2ccccc2s1)NC(=O)Nc1ccc2c(c1)OCO2. The minimum absolute atomic E-state index is 0.102. The van der Waals surface area contributed by atoms with Crippen molar-refractivity contribution < 1.29 is 19.1 Å². The van der Waals surface area contributed by atoms with Crippen LogP contribution in [0, 0.1) is 0 Å². The Hall–Kier alpha value is -3.17. The number of carbonyl (C=O) groups excluding carboxylic acids is 2. The maximum absolute atomic E-state index is 12.5. The number of imide groups is 1. The first-order valence-electron chi connectivity index (χ1n) is 9.76. The highest BCUT2D eigenvalue weighted by molar-refractivity contribution is 7.18. The molecule has 1 saturated heterocycles. The number of thiazole rings is 1. The molecular weight excluding hydrogens is 404 g/mol. The molecule has 1 fully saturated rings. The molecule has 154 valence electrons. The Morgan fingerprint density at radius 2 is 2.03 bits per heavy atom. The zero-order valence-electron chi connectivity index (χ0n) is 16.1. The number of hydrogen-bond acceptors (Lipinski definition) is 7. The summed E-state index contributed by atoms with van der Waals surface area (Å²) in [5, 5.41) is 6.07. The molecule has 1 atom stereocenters. The Balaban J connectivity index is 1.19. The molecule has 0 aliphatic carbocycles. The smallest absolute Gasteiger partial charge is 0.325 e. The van der Waals surface area contributed by atoms with Crippen LogP contribution in [-0.2, 0) is 4.79 Å². The predicted octanol–water partition coefficient (Wildman–Crippen LogP) is 3.51. The molecular formula is C21H20N4O4S. The molecule has 5 rings (SSSR count). The van der Waals surface area contributed by atoms with Crippen molar-refractivity contribution in [3.05, 3.63) is 47.5 Å². The molecule has 1 aromatic heterocycles. The van der Waals surface area contributed by atoms with Gasteiger partial charge < -0.3 is 14.8 Å². The third-order valence-electron chi connectivity index (χ3n) is 5.19. The van der Waals surface area contributed by atoms with Crippen molar-refractivity contribution in [2.24, 2.45) is 0 Å². The number of aromatic nitrogens is 1. The van der Waals surface area contributed by atoms with E-state index in [0.717, 1.165) is 34.6 Å². The fourth-order valence-corrected chi connectivity index (χ4v) is 4.95. The lowest BCUT2D eigenvalue weighted by Crippen LogP contribution is -2.41. The number of benzene rings is 2. The monoisotopic (exact) mass is 424 g/mol. The van der Waals surface area contributed by atoms with Gasteiger partial charge in [0.1, 0.15) is 5.01 Å². The van der Waals surface area contributed by atoms with Crippen LogP contribution >= 0.6 is 11.3 Å². The van der Waals surface area contributed by atoms with E-state index in [1.807, 2.05) is 18.2 Å². The zero-order chi connectivity index (χ0) is 20.5. The van der Waals surface area contributed by atoms with Crippen LogP contribution in [-0.4, -0.2) is 41.7 Å². The second-order valence-corrected chi connectivity index (χ2v) is 8.28. The quantitative estimate of drug-likeness (QED) is 0.666. The van der Waals surface area contributed by atoms with Crippen LogP contribution in [0.4, 0.5) is 10.5 Å². The van der Waals surface area contributed by atoms with Gasteiger partial charge >= 0.3 is 6.03 Å². The molecule has 0 radical (unpaired) electrons. The number of ether oxygens (including phenoxy) is 2. The zero-order valence-corrected chi connectivity index (χ0v) is 16.9. The summed E-state index contributed by atoms with van der Waals surface area (Å²) in [6.45, 7) is 1.11. The van der Waals surface area contributed by atoms with Crippen molar-refractivity contribution >= 4 is 39.2 Å². The number of urea groups is 1. The Morgan fingerprint density at radius 1 is 1.17 bits per heavy atom. The molecule has 3 heterocycles. The van der Waals surface area contributed by atoms with E-state index < -0.39 is 6.03 Å². The van der Waals surface area contributed by atoms with Gasteiger partial charge in [-0.05, 0) is 43.7 Å². The lowest BCUT2D eigenvalue weighted by Gasteiger charge is -2.21. The predicted molar refractivity (Wildman–Crippen MR) is 113 cm³/mol. The first kappa shape index (κ1) is 18.8. The minimum atomic E-state index is -0.574. The van der Waals surface area contributed by atoms with Crippen LogP contribution in [0.1, 0.15) is 23.9 Å². The second-order valence-electron chi connectivity index (χ2n) is 7.22. The molecule has 2 aromatic carbocycles. The number of amides is 3. The minimum Gasteiger partial charge on any atom is -0.454 e. The standard InChI is InChI=1S/C21H20N4O4S/c26-19(24-21(27)22-13-7-8-16-17(10-13)29-12-28-16)11-25-9-3-5-15(25)20-23-14-4-1-2-6-18(14)30-20/h1-2,4,6-8,10,15H,3,5,9,11-12H2,(H2,22,24,26,27)/t15-/m0/s1. The first-order chi connectivity index (χ1) is 14.7. The van der Waals surface area contributed by atoms with Crippen LogP contribution in [0.15, 0.2) is 42.5 Å². The van der Waals surface area contributed by atoms with Gasteiger partial charge in [0.15, 0.2) is 11.5 Å². The van der Waals surface area contributed by atoms with Crippen molar-refractivity contribution in [3.8, 4) is 11.5 Å². The number of hydrogen-bond donors (Lipinski definition) is 2. The van der Waals surface area contributed by atoms with E-state index in [-0.39, 0.29) is 25.3 Å². The molecule has 2 aliphatic rings. The molecule has 0 bridgehead atoms. The van der Waals surface area contributed by atoms with Gasteiger partial charge in [-0.3, -0.25) is 15.0 Å². The Morgan fingerprint density at radius 3 is 2.93 bits per heavy atom. The summed E-state index contributed by atoms with van der Waals surface area (Å²) < 4.78 is 11.7. The molecule has 0 saturated carbocycles. The summed E-state index contributed by atoms with van der Waals surface area (Å²) in [7, 11) is 0. The lowest BCUT2D eigenvalue weighted by atomic mass is 10.2. The number of fused-ring (bicyclic) bond motifs is 2. The number of nitrogens with zero attached hydrogens (tertiary/aromatic N) is 2. The van der Waals surface area contributed by atoms with Crippen LogP contribution in [0.5, 0.6) is 11.5 Å². The lowest BCUT2D eigenvalue weighted by molar-refractivity contribution is -0.121. The molecule has 30 heavy (non-hydrogen) atoms. The summed E-state index contributed by atoms with van der Waals surface area (Å²) in [6, 6.07) is 12.6. The maximum atomic E-state index is 12.5. The van der Waals surface area contributed by atoms with Crippen molar-refractivity contribution in [1.82, 2.24) is 15.2 Å².